The van der Waals surface area contributed by atoms with Crippen LogP contribution in [0.3, 0.4) is 0 Å². The maximum absolute atomic E-state index is 12.2. The standard InChI is InChI=1S/C17H21ClN4O4S.HI/c1-25-15-7-6-13(11-16(15)26-2)22-17(19)20-8-9-21-27(23,24)14-5-3-4-12(18)10-14;/h3-7,10-11,21H,8-9H2,1-2H3,(H3,19,20,22);1H. The largest absolute Gasteiger partial charge is 0.493 e. The number of guanidine groups is 1. The molecule has 0 fully saturated rings. The summed E-state index contributed by atoms with van der Waals surface area (Å²) in [6.45, 7) is 0.245. The van der Waals surface area contributed by atoms with Gasteiger partial charge in [-0.15, -0.1) is 24.0 Å². The molecule has 0 bridgehead atoms. The highest BCUT2D eigenvalue weighted by atomic mass is 127. The Morgan fingerprint density at radius 3 is 2.50 bits per heavy atom. The predicted octanol–water partition coefficient (Wildman–Crippen LogP) is 2.68. The molecule has 2 rings (SSSR count). The normalized spacial score (nSPS) is 11.5. The van der Waals surface area contributed by atoms with Crippen LogP contribution in [-0.4, -0.2) is 41.7 Å². The molecule has 28 heavy (non-hydrogen) atoms. The zero-order valence-corrected chi connectivity index (χ0v) is 19.2. The highest BCUT2D eigenvalue weighted by molar-refractivity contribution is 14.0. The molecule has 0 radical (unpaired) electrons. The molecule has 0 aromatic heterocycles. The van der Waals surface area contributed by atoms with E-state index in [1.165, 1.54) is 19.2 Å². The molecule has 0 spiro atoms. The van der Waals surface area contributed by atoms with Gasteiger partial charge in [-0.05, 0) is 30.3 Å². The van der Waals surface area contributed by atoms with E-state index < -0.39 is 10.0 Å². The third-order valence-corrected chi connectivity index (χ3v) is 5.14. The molecular formula is C17H22ClIN4O4S. The molecule has 0 saturated carbocycles. The van der Waals surface area contributed by atoms with Gasteiger partial charge in [0.25, 0.3) is 0 Å². The van der Waals surface area contributed by atoms with E-state index in [2.05, 4.69) is 15.0 Å². The first kappa shape index (κ1) is 24.3. The van der Waals surface area contributed by atoms with E-state index in [9.17, 15) is 8.42 Å². The number of hydrogen-bond acceptors (Lipinski definition) is 5. The minimum atomic E-state index is -3.65. The molecule has 0 amide bonds. The van der Waals surface area contributed by atoms with Crippen molar-refractivity contribution in [3.63, 3.8) is 0 Å². The highest BCUT2D eigenvalue weighted by Crippen LogP contribution is 2.29. The maximum Gasteiger partial charge on any atom is 0.240 e. The molecule has 154 valence electrons. The first-order chi connectivity index (χ1) is 12.9. The number of nitrogens with two attached hydrogens (primary N) is 1. The SMILES string of the molecule is COc1ccc(NC(N)=NCCNS(=O)(=O)c2cccc(Cl)c2)cc1OC.I. The van der Waals surface area contributed by atoms with Gasteiger partial charge in [-0.2, -0.15) is 0 Å². The van der Waals surface area contributed by atoms with Crippen molar-refractivity contribution in [3.05, 3.63) is 47.5 Å². The summed E-state index contributed by atoms with van der Waals surface area (Å²) >= 11 is 5.82. The Morgan fingerprint density at radius 1 is 1.14 bits per heavy atom. The van der Waals surface area contributed by atoms with Crippen molar-refractivity contribution in [2.75, 3.05) is 32.6 Å². The maximum atomic E-state index is 12.2. The average Bonchev–Trinajstić information content (AvgIpc) is 2.65. The van der Waals surface area contributed by atoms with Gasteiger partial charge in [0, 0.05) is 23.3 Å². The van der Waals surface area contributed by atoms with Crippen molar-refractivity contribution in [1.82, 2.24) is 4.72 Å². The second kappa shape index (κ2) is 11.3. The molecule has 11 heteroatoms. The summed E-state index contributed by atoms with van der Waals surface area (Å²) < 4.78 is 37.1. The van der Waals surface area contributed by atoms with Crippen LogP contribution in [-0.2, 0) is 10.0 Å². The van der Waals surface area contributed by atoms with Crippen LogP contribution in [0.25, 0.3) is 0 Å². The van der Waals surface area contributed by atoms with Gasteiger partial charge in [0.2, 0.25) is 10.0 Å². The lowest BCUT2D eigenvalue weighted by molar-refractivity contribution is 0.355. The number of aliphatic imine (C=N–C) groups is 1. The number of benzene rings is 2. The summed E-state index contributed by atoms with van der Waals surface area (Å²) in [5.74, 6) is 1.28. The Morgan fingerprint density at radius 2 is 1.86 bits per heavy atom. The quantitative estimate of drug-likeness (QED) is 0.205. The van der Waals surface area contributed by atoms with Crippen LogP contribution < -0.4 is 25.2 Å². The molecule has 0 saturated heterocycles. The van der Waals surface area contributed by atoms with E-state index in [-0.39, 0.29) is 47.9 Å². The lowest BCUT2D eigenvalue weighted by atomic mass is 10.3. The Kier molecular flexibility index (Phi) is 9.79. The number of hydrogen-bond donors (Lipinski definition) is 3. The van der Waals surface area contributed by atoms with Crippen molar-refractivity contribution >= 4 is 57.2 Å². The number of ether oxygens (including phenoxy) is 2. The molecule has 0 aliphatic heterocycles. The number of nitrogens with one attached hydrogen (secondary N) is 2. The number of rotatable bonds is 8. The van der Waals surface area contributed by atoms with Gasteiger partial charge in [-0.25, -0.2) is 13.1 Å². The van der Waals surface area contributed by atoms with Gasteiger partial charge < -0.3 is 20.5 Å². The highest BCUT2D eigenvalue weighted by Gasteiger charge is 2.13. The first-order valence-electron chi connectivity index (χ1n) is 7.90. The van der Waals surface area contributed by atoms with Crippen LogP contribution in [0.4, 0.5) is 5.69 Å². The van der Waals surface area contributed by atoms with Gasteiger partial charge in [0.1, 0.15) is 0 Å². The molecule has 0 heterocycles. The van der Waals surface area contributed by atoms with Crippen LogP contribution in [0.1, 0.15) is 0 Å². The number of methoxy groups -OCH3 is 2. The van der Waals surface area contributed by atoms with Crippen molar-refractivity contribution in [1.29, 1.82) is 0 Å². The summed E-state index contributed by atoms with van der Waals surface area (Å²) in [5, 5.41) is 3.25. The lowest BCUT2D eigenvalue weighted by Crippen LogP contribution is -2.28. The second-order valence-corrected chi connectivity index (χ2v) is 7.52. The molecule has 2 aromatic carbocycles. The summed E-state index contributed by atoms with van der Waals surface area (Å²) in [7, 11) is -0.572. The second-order valence-electron chi connectivity index (χ2n) is 5.32. The third-order valence-electron chi connectivity index (χ3n) is 3.45. The van der Waals surface area contributed by atoms with Gasteiger partial charge in [-0.1, -0.05) is 17.7 Å². The molecule has 0 atom stereocenters. The topological polar surface area (TPSA) is 115 Å². The fourth-order valence-electron chi connectivity index (χ4n) is 2.18. The summed E-state index contributed by atoms with van der Waals surface area (Å²) in [6, 6.07) is 11.2. The first-order valence-corrected chi connectivity index (χ1v) is 9.76. The molecule has 0 aliphatic rings. The monoisotopic (exact) mass is 540 g/mol. The number of halogens is 2. The fraction of sp³-hybridized carbons (Fsp3) is 0.235. The van der Waals surface area contributed by atoms with E-state index in [4.69, 9.17) is 26.8 Å². The third kappa shape index (κ3) is 7.00. The predicted molar refractivity (Wildman–Crippen MR) is 122 cm³/mol. The summed E-state index contributed by atoms with van der Waals surface area (Å²) in [6.07, 6.45) is 0. The molecular weight excluding hydrogens is 519 g/mol. The molecule has 2 aromatic rings. The van der Waals surface area contributed by atoms with E-state index in [1.807, 2.05) is 0 Å². The molecule has 8 nitrogen and oxygen atoms in total. The summed E-state index contributed by atoms with van der Waals surface area (Å²) in [5.41, 5.74) is 6.48. The summed E-state index contributed by atoms with van der Waals surface area (Å²) in [4.78, 5) is 4.18. The van der Waals surface area contributed by atoms with E-state index >= 15 is 0 Å². The van der Waals surface area contributed by atoms with Crippen molar-refractivity contribution in [2.45, 2.75) is 4.90 Å². The van der Waals surface area contributed by atoms with Crippen molar-refractivity contribution in [2.24, 2.45) is 10.7 Å². The molecule has 0 unspecified atom stereocenters. The Hall–Kier alpha value is -1.76. The van der Waals surface area contributed by atoms with E-state index in [1.54, 1.807) is 37.4 Å². The average molecular weight is 541 g/mol. The van der Waals surface area contributed by atoms with Crippen molar-refractivity contribution in [3.8, 4) is 11.5 Å². The van der Waals surface area contributed by atoms with E-state index in [0.29, 0.717) is 22.2 Å². The smallest absolute Gasteiger partial charge is 0.240 e. The number of nitrogens with zero attached hydrogens (tertiary/aromatic N) is 1. The Balaban J connectivity index is 0.00000392. The lowest BCUT2D eigenvalue weighted by Gasteiger charge is -2.11. The molecule has 0 aliphatic carbocycles. The Labute approximate surface area is 186 Å². The van der Waals surface area contributed by atoms with E-state index in [0.717, 1.165) is 0 Å². The van der Waals surface area contributed by atoms with Crippen LogP contribution in [0.2, 0.25) is 5.02 Å². The van der Waals surface area contributed by atoms with Crippen LogP contribution >= 0.6 is 35.6 Å². The number of sulfonamides is 1. The van der Waals surface area contributed by atoms with Gasteiger partial charge in [0.05, 0.1) is 25.7 Å². The Bertz CT molecular complexity index is 925. The van der Waals surface area contributed by atoms with Gasteiger partial charge >= 0.3 is 0 Å². The van der Waals surface area contributed by atoms with Gasteiger partial charge in [0.15, 0.2) is 17.5 Å². The molecule has 4 N–H and O–H groups in total. The van der Waals surface area contributed by atoms with Crippen LogP contribution in [0.15, 0.2) is 52.4 Å². The minimum Gasteiger partial charge on any atom is -0.493 e. The minimum absolute atomic E-state index is 0. The van der Waals surface area contributed by atoms with Crippen molar-refractivity contribution < 1.29 is 17.9 Å². The van der Waals surface area contributed by atoms with Gasteiger partial charge in [-0.3, -0.25) is 4.99 Å². The number of anilines is 1. The fourth-order valence-corrected chi connectivity index (χ4v) is 3.50. The van der Waals surface area contributed by atoms with Crippen LogP contribution in [0, 0.1) is 0 Å². The zero-order valence-electron chi connectivity index (χ0n) is 15.3. The van der Waals surface area contributed by atoms with Crippen LogP contribution in [0.5, 0.6) is 11.5 Å². The zero-order chi connectivity index (χ0) is 19.9.